The van der Waals surface area contributed by atoms with Crippen molar-refractivity contribution in [3.8, 4) is 11.5 Å². The molecule has 2 aromatic rings. The fourth-order valence-corrected chi connectivity index (χ4v) is 1.57. The minimum Gasteiger partial charge on any atom is -0.493 e. The summed E-state index contributed by atoms with van der Waals surface area (Å²) in [5.74, 6) is 1.28. The summed E-state index contributed by atoms with van der Waals surface area (Å²) in [4.78, 5) is 3.95. The van der Waals surface area contributed by atoms with Crippen LogP contribution in [0.3, 0.4) is 0 Å². The van der Waals surface area contributed by atoms with Gasteiger partial charge in [0.1, 0.15) is 6.61 Å². The molecular formula is C14H15NO3. The van der Waals surface area contributed by atoms with Crippen molar-refractivity contribution in [3.05, 3.63) is 53.9 Å². The van der Waals surface area contributed by atoms with Crippen LogP contribution < -0.4 is 9.47 Å². The van der Waals surface area contributed by atoms with Gasteiger partial charge in [0.05, 0.1) is 13.7 Å². The molecule has 0 saturated heterocycles. The lowest BCUT2D eigenvalue weighted by atomic mass is 10.2. The summed E-state index contributed by atoms with van der Waals surface area (Å²) in [5, 5.41) is 9.05. The normalized spacial score (nSPS) is 10.1. The Morgan fingerprint density at radius 1 is 1.06 bits per heavy atom. The summed E-state index contributed by atoms with van der Waals surface area (Å²) in [5.41, 5.74) is 1.83. The Morgan fingerprint density at radius 3 is 2.50 bits per heavy atom. The number of rotatable bonds is 5. The molecular weight excluding hydrogens is 230 g/mol. The van der Waals surface area contributed by atoms with E-state index in [-0.39, 0.29) is 6.61 Å². The lowest BCUT2D eigenvalue weighted by Gasteiger charge is -2.11. The molecule has 0 atom stereocenters. The van der Waals surface area contributed by atoms with E-state index in [4.69, 9.17) is 14.6 Å². The van der Waals surface area contributed by atoms with Gasteiger partial charge in [-0.1, -0.05) is 6.07 Å². The van der Waals surface area contributed by atoms with Gasteiger partial charge in [0.15, 0.2) is 11.5 Å². The summed E-state index contributed by atoms with van der Waals surface area (Å²) >= 11 is 0. The molecule has 1 N–H and O–H groups in total. The van der Waals surface area contributed by atoms with Crippen LogP contribution in [0.2, 0.25) is 0 Å². The van der Waals surface area contributed by atoms with Crippen LogP contribution in [0.1, 0.15) is 11.1 Å². The van der Waals surface area contributed by atoms with Gasteiger partial charge in [-0.15, -0.1) is 0 Å². The molecule has 0 bridgehead atoms. The molecule has 18 heavy (non-hydrogen) atoms. The van der Waals surface area contributed by atoms with Crippen LogP contribution in [0.4, 0.5) is 0 Å². The molecule has 94 valence electrons. The highest BCUT2D eigenvalue weighted by molar-refractivity contribution is 5.42. The van der Waals surface area contributed by atoms with Crippen LogP contribution >= 0.6 is 0 Å². The predicted molar refractivity (Wildman–Crippen MR) is 67.5 cm³/mol. The Kier molecular flexibility index (Phi) is 4.15. The Hall–Kier alpha value is -2.07. The largest absolute Gasteiger partial charge is 0.493 e. The molecule has 0 aliphatic carbocycles. The third kappa shape index (κ3) is 2.99. The molecule has 0 aliphatic heterocycles. The highest BCUT2D eigenvalue weighted by Crippen LogP contribution is 2.28. The first-order chi connectivity index (χ1) is 8.83. The lowest BCUT2D eigenvalue weighted by molar-refractivity contribution is 0.274. The summed E-state index contributed by atoms with van der Waals surface area (Å²) in [6, 6.07) is 9.17. The smallest absolute Gasteiger partial charge is 0.161 e. The third-order valence-electron chi connectivity index (χ3n) is 2.55. The van der Waals surface area contributed by atoms with Crippen molar-refractivity contribution in [1.82, 2.24) is 4.98 Å². The van der Waals surface area contributed by atoms with E-state index in [0.29, 0.717) is 18.1 Å². The minimum atomic E-state index is -0.0129. The van der Waals surface area contributed by atoms with Crippen LogP contribution in [0.25, 0.3) is 0 Å². The number of ether oxygens (including phenoxy) is 2. The predicted octanol–water partition coefficient (Wildman–Crippen LogP) is 2.16. The topological polar surface area (TPSA) is 51.6 Å². The van der Waals surface area contributed by atoms with Gasteiger partial charge in [-0.05, 0) is 35.4 Å². The molecule has 0 saturated carbocycles. The quantitative estimate of drug-likeness (QED) is 0.877. The molecule has 1 heterocycles. The van der Waals surface area contributed by atoms with E-state index in [9.17, 15) is 0 Å². The number of pyridine rings is 1. The zero-order valence-electron chi connectivity index (χ0n) is 10.2. The van der Waals surface area contributed by atoms with Crippen LogP contribution in [0.5, 0.6) is 11.5 Å². The van der Waals surface area contributed by atoms with E-state index in [1.54, 1.807) is 31.6 Å². The molecule has 0 amide bonds. The summed E-state index contributed by atoms with van der Waals surface area (Å²) in [7, 11) is 1.58. The van der Waals surface area contributed by atoms with Crippen molar-refractivity contribution < 1.29 is 14.6 Å². The number of aliphatic hydroxyl groups is 1. The first-order valence-electron chi connectivity index (χ1n) is 5.63. The molecule has 0 aliphatic rings. The minimum absolute atomic E-state index is 0.0129. The van der Waals surface area contributed by atoms with Gasteiger partial charge in [0, 0.05) is 12.4 Å². The average Bonchev–Trinajstić information content (AvgIpc) is 2.46. The molecule has 0 unspecified atom stereocenters. The summed E-state index contributed by atoms with van der Waals surface area (Å²) in [6.45, 7) is 0.443. The van der Waals surface area contributed by atoms with E-state index in [1.807, 2.05) is 18.2 Å². The highest BCUT2D eigenvalue weighted by atomic mass is 16.5. The highest BCUT2D eigenvalue weighted by Gasteiger charge is 2.05. The van der Waals surface area contributed by atoms with E-state index in [1.165, 1.54) is 0 Å². The van der Waals surface area contributed by atoms with Crippen LogP contribution in [0, 0.1) is 0 Å². The number of hydrogen-bond donors (Lipinski definition) is 1. The van der Waals surface area contributed by atoms with Crippen molar-refractivity contribution in [2.75, 3.05) is 7.11 Å². The van der Waals surface area contributed by atoms with Gasteiger partial charge >= 0.3 is 0 Å². The molecule has 4 nitrogen and oxygen atoms in total. The number of hydrogen-bond acceptors (Lipinski definition) is 4. The van der Waals surface area contributed by atoms with E-state index in [0.717, 1.165) is 11.1 Å². The number of benzene rings is 1. The van der Waals surface area contributed by atoms with Crippen molar-refractivity contribution in [1.29, 1.82) is 0 Å². The molecule has 0 spiro atoms. The maximum atomic E-state index is 9.05. The standard InChI is InChI=1S/C14H15NO3/c1-17-14-8-12(9-16)2-3-13(14)18-10-11-4-6-15-7-5-11/h2-8,16H,9-10H2,1H3. The van der Waals surface area contributed by atoms with Gasteiger partial charge in [0.25, 0.3) is 0 Å². The number of aromatic nitrogens is 1. The van der Waals surface area contributed by atoms with Gasteiger partial charge in [-0.2, -0.15) is 0 Å². The molecule has 0 radical (unpaired) electrons. The van der Waals surface area contributed by atoms with Crippen LogP contribution in [-0.4, -0.2) is 17.2 Å². The van der Waals surface area contributed by atoms with Gasteiger partial charge in [-0.25, -0.2) is 0 Å². The maximum absolute atomic E-state index is 9.05. The monoisotopic (exact) mass is 245 g/mol. The van der Waals surface area contributed by atoms with Crippen molar-refractivity contribution >= 4 is 0 Å². The molecule has 0 fully saturated rings. The Balaban J connectivity index is 2.09. The average molecular weight is 245 g/mol. The molecule has 1 aromatic heterocycles. The van der Waals surface area contributed by atoms with Crippen molar-refractivity contribution in [3.63, 3.8) is 0 Å². The van der Waals surface area contributed by atoms with Gasteiger partial charge in [0.2, 0.25) is 0 Å². The molecule has 1 aromatic carbocycles. The lowest BCUT2D eigenvalue weighted by Crippen LogP contribution is -1.98. The molecule has 4 heteroatoms. The fourth-order valence-electron chi connectivity index (χ4n) is 1.57. The zero-order valence-corrected chi connectivity index (χ0v) is 10.2. The van der Waals surface area contributed by atoms with Crippen molar-refractivity contribution in [2.45, 2.75) is 13.2 Å². The van der Waals surface area contributed by atoms with E-state index in [2.05, 4.69) is 4.98 Å². The number of aliphatic hydroxyl groups excluding tert-OH is 1. The summed E-state index contributed by atoms with van der Waals surface area (Å²) in [6.07, 6.45) is 3.45. The van der Waals surface area contributed by atoms with E-state index < -0.39 is 0 Å². The van der Waals surface area contributed by atoms with E-state index >= 15 is 0 Å². The second-order valence-corrected chi connectivity index (χ2v) is 3.79. The first-order valence-corrected chi connectivity index (χ1v) is 5.63. The van der Waals surface area contributed by atoms with Gasteiger partial charge in [-0.3, -0.25) is 4.98 Å². The van der Waals surface area contributed by atoms with Crippen LogP contribution in [0.15, 0.2) is 42.7 Å². The first kappa shape index (κ1) is 12.4. The second kappa shape index (κ2) is 6.02. The van der Waals surface area contributed by atoms with Crippen LogP contribution in [-0.2, 0) is 13.2 Å². The Bertz CT molecular complexity index is 500. The van der Waals surface area contributed by atoms with Gasteiger partial charge < -0.3 is 14.6 Å². The van der Waals surface area contributed by atoms with Crippen molar-refractivity contribution in [2.24, 2.45) is 0 Å². The third-order valence-corrected chi connectivity index (χ3v) is 2.55. The SMILES string of the molecule is COc1cc(CO)ccc1OCc1ccncc1. The number of nitrogens with zero attached hydrogens (tertiary/aromatic N) is 1. The Labute approximate surface area is 106 Å². The Morgan fingerprint density at radius 2 is 1.83 bits per heavy atom. The summed E-state index contributed by atoms with van der Waals surface area (Å²) < 4.78 is 10.9. The molecule has 2 rings (SSSR count). The second-order valence-electron chi connectivity index (χ2n) is 3.79. The zero-order chi connectivity index (χ0) is 12.8. The number of methoxy groups -OCH3 is 1. The maximum Gasteiger partial charge on any atom is 0.161 e. The fraction of sp³-hybridized carbons (Fsp3) is 0.214.